The van der Waals surface area contributed by atoms with Gasteiger partial charge in [-0.15, -0.1) is 0 Å². The van der Waals surface area contributed by atoms with Gasteiger partial charge in [-0.2, -0.15) is 0 Å². The van der Waals surface area contributed by atoms with Crippen LogP contribution in [0, 0.1) is 16.2 Å². The van der Waals surface area contributed by atoms with Gasteiger partial charge in [-0.3, -0.25) is 14.7 Å². The van der Waals surface area contributed by atoms with Crippen molar-refractivity contribution >= 4 is 17.8 Å². The molecule has 1 N–H and O–H groups in total. The number of nitrogens with zero attached hydrogens (tertiary/aromatic N) is 2. The molecule has 2 aliphatic rings. The summed E-state index contributed by atoms with van der Waals surface area (Å²) in [6.07, 6.45) is -0.118. The highest BCUT2D eigenvalue weighted by atomic mass is 16.6. The molecule has 2 amide bonds. The first-order valence-corrected chi connectivity index (χ1v) is 10.9. The van der Waals surface area contributed by atoms with E-state index in [2.05, 4.69) is 67.6 Å². The largest absolute Gasteiger partial charge is 0.444 e. The van der Waals surface area contributed by atoms with Gasteiger partial charge < -0.3 is 10.1 Å². The molecule has 1 fully saturated rings. The van der Waals surface area contributed by atoms with E-state index in [0.717, 1.165) is 11.5 Å². The molecule has 0 aliphatic carbocycles. The first-order valence-electron chi connectivity index (χ1n) is 10.9. The van der Waals surface area contributed by atoms with Gasteiger partial charge in [0.25, 0.3) is 5.91 Å². The predicted octanol–water partition coefficient (Wildman–Crippen LogP) is 5.29. The van der Waals surface area contributed by atoms with E-state index in [0.29, 0.717) is 6.42 Å². The highest BCUT2D eigenvalue weighted by Crippen LogP contribution is 2.47. The molecular formula is C24H41N3O3. The summed E-state index contributed by atoms with van der Waals surface area (Å²) in [7, 11) is 0. The van der Waals surface area contributed by atoms with Crippen LogP contribution in [0.25, 0.3) is 0 Å². The summed E-state index contributed by atoms with van der Waals surface area (Å²) in [5.74, 6) is 0.627. The Morgan fingerprint density at radius 3 is 1.90 bits per heavy atom. The third-order valence-corrected chi connectivity index (χ3v) is 5.22. The van der Waals surface area contributed by atoms with E-state index < -0.39 is 17.7 Å². The Morgan fingerprint density at radius 1 is 0.967 bits per heavy atom. The van der Waals surface area contributed by atoms with E-state index in [1.54, 1.807) is 4.90 Å². The van der Waals surface area contributed by atoms with Crippen molar-refractivity contribution in [1.82, 2.24) is 10.2 Å². The Kier molecular flexibility index (Phi) is 6.01. The Labute approximate surface area is 182 Å². The molecule has 2 aliphatic heterocycles. The molecule has 0 radical (unpaired) electrons. The van der Waals surface area contributed by atoms with E-state index >= 15 is 0 Å². The maximum atomic E-state index is 13.5. The number of hydrogen-bond donors (Lipinski definition) is 1. The number of amides is 2. The van der Waals surface area contributed by atoms with Gasteiger partial charge in [0.05, 0.1) is 6.04 Å². The monoisotopic (exact) mass is 419 g/mol. The maximum Gasteiger partial charge on any atom is 0.408 e. The molecule has 0 aromatic rings. The number of rotatable bonds is 1. The van der Waals surface area contributed by atoms with Crippen molar-refractivity contribution in [1.29, 1.82) is 0 Å². The van der Waals surface area contributed by atoms with Crippen LogP contribution >= 0.6 is 0 Å². The summed E-state index contributed by atoms with van der Waals surface area (Å²) in [6.45, 7) is 24.7. The van der Waals surface area contributed by atoms with Crippen molar-refractivity contribution in [2.75, 3.05) is 0 Å². The van der Waals surface area contributed by atoms with Crippen LogP contribution in [0.5, 0.6) is 0 Å². The summed E-state index contributed by atoms with van der Waals surface area (Å²) in [6, 6.07) is -0.690. The number of amidine groups is 1. The van der Waals surface area contributed by atoms with Crippen LogP contribution in [-0.2, 0) is 9.53 Å². The number of aliphatic imine (C=N–C) groups is 1. The molecule has 0 aromatic carbocycles. The second-order valence-electron chi connectivity index (χ2n) is 12.7. The minimum Gasteiger partial charge on any atom is -0.444 e. The average Bonchev–Trinajstić information content (AvgIpc) is 2.77. The minimum absolute atomic E-state index is 0.0361. The lowest BCUT2D eigenvalue weighted by Gasteiger charge is -2.45. The number of carbonyl (C=O) groups excluding carboxylic acids is 2. The Bertz CT molecular complexity index is 780. The van der Waals surface area contributed by atoms with Crippen molar-refractivity contribution in [2.45, 2.75) is 107 Å². The van der Waals surface area contributed by atoms with Crippen molar-refractivity contribution in [3.63, 3.8) is 0 Å². The molecule has 2 heterocycles. The van der Waals surface area contributed by atoms with Gasteiger partial charge in [-0.1, -0.05) is 62.3 Å². The zero-order chi connectivity index (χ0) is 23.4. The molecule has 170 valence electrons. The van der Waals surface area contributed by atoms with Crippen LogP contribution in [0.3, 0.4) is 0 Å². The highest BCUT2D eigenvalue weighted by Gasteiger charge is 2.50. The summed E-state index contributed by atoms with van der Waals surface area (Å²) in [5, 5.41) is 2.80. The molecule has 1 saturated heterocycles. The lowest BCUT2D eigenvalue weighted by Crippen LogP contribution is -2.50. The van der Waals surface area contributed by atoms with Gasteiger partial charge in [0.15, 0.2) is 0 Å². The molecule has 30 heavy (non-hydrogen) atoms. The van der Waals surface area contributed by atoms with E-state index in [9.17, 15) is 9.59 Å². The smallest absolute Gasteiger partial charge is 0.408 e. The molecule has 2 unspecified atom stereocenters. The van der Waals surface area contributed by atoms with E-state index in [1.165, 1.54) is 5.57 Å². The van der Waals surface area contributed by atoms with Crippen LogP contribution in [0.1, 0.15) is 89.5 Å². The number of nitrogens with one attached hydrogen (secondary N) is 1. The Balaban J connectivity index is 2.58. The summed E-state index contributed by atoms with van der Waals surface area (Å²) in [4.78, 5) is 32.8. The molecule has 0 saturated carbocycles. The van der Waals surface area contributed by atoms with Gasteiger partial charge in [0.1, 0.15) is 17.5 Å². The fraction of sp³-hybridized carbons (Fsp3) is 0.792. The van der Waals surface area contributed by atoms with Crippen LogP contribution < -0.4 is 5.32 Å². The lowest BCUT2D eigenvalue weighted by molar-refractivity contribution is -0.126. The van der Waals surface area contributed by atoms with E-state index in [1.807, 2.05) is 20.8 Å². The van der Waals surface area contributed by atoms with Crippen molar-refractivity contribution < 1.29 is 14.3 Å². The predicted molar refractivity (Wildman–Crippen MR) is 121 cm³/mol. The molecule has 2 rings (SSSR count). The molecule has 6 nitrogen and oxygen atoms in total. The van der Waals surface area contributed by atoms with Gasteiger partial charge in [-0.05, 0) is 37.2 Å². The zero-order valence-electron chi connectivity index (χ0n) is 21.0. The van der Waals surface area contributed by atoms with Crippen molar-refractivity contribution in [2.24, 2.45) is 21.2 Å². The lowest BCUT2D eigenvalue weighted by atomic mass is 9.70. The van der Waals surface area contributed by atoms with Crippen LogP contribution in [0.2, 0.25) is 0 Å². The number of carbonyl (C=O) groups is 2. The molecule has 2 atom stereocenters. The summed E-state index contributed by atoms with van der Waals surface area (Å²) in [5.41, 5.74) is 0.953. The minimum atomic E-state index is -0.654. The van der Waals surface area contributed by atoms with E-state index in [-0.39, 0.29) is 28.2 Å². The molecule has 0 spiro atoms. The average molecular weight is 420 g/mol. The van der Waals surface area contributed by atoms with Crippen molar-refractivity contribution in [3.05, 3.63) is 11.3 Å². The van der Waals surface area contributed by atoms with Gasteiger partial charge in [0, 0.05) is 17.5 Å². The van der Waals surface area contributed by atoms with Gasteiger partial charge in [0.2, 0.25) is 0 Å². The van der Waals surface area contributed by atoms with Gasteiger partial charge >= 0.3 is 6.09 Å². The number of hydrogen-bond acceptors (Lipinski definition) is 4. The van der Waals surface area contributed by atoms with Crippen LogP contribution in [0.15, 0.2) is 16.3 Å². The maximum absolute atomic E-state index is 13.5. The fourth-order valence-corrected chi connectivity index (χ4v) is 4.09. The third-order valence-electron chi connectivity index (χ3n) is 5.22. The third kappa shape index (κ3) is 5.06. The highest BCUT2D eigenvalue weighted by molar-refractivity contribution is 6.08. The molecule has 6 heteroatoms. The topological polar surface area (TPSA) is 71.0 Å². The quantitative estimate of drug-likeness (QED) is 0.628. The van der Waals surface area contributed by atoms with Gasteiger partial charge in [-0.25, -0.2) is 4.79 Å². The number of ether oxygens (including phenoxy) is 1. The first kappa shape index (κ1) is 24.4. The zero-order valence-corrected chi connectivity index (χ0v) is 21.0. The van der Waals surface area contributed by atoms with Crippen LogP contribution in [-0.4, -0.2) is 40.4 Å². The number of fused-ring (bicyclic) bond motifs is 1. The number of alkyl carbamates (subject to hydrolysis) is 1. The molecule has 0 aromatic heterocycles. The second kappa shape index (κ2) is 7.38. The summed E-state index contributed by atoms with van der Waals surface area (Å²) >= 11 is 0. The normalized spacial score (nSPS) is 23.4. The second-order valence-corrected chi connectivity index (χ2v) is 12.7. The SMILES string of the molecule is CC(C)(C)OC(=O)NC1CC2=C(C(C)(C)C)C(C(C)(C)C)N=C(C(C)(C)C)N2C1=O. The Morgan fingerprint density at radius 2 is 1.50 bits per heavy atom. The van der Waals surface area contributed by atoms with Crippen LogP contribution in [0.4, 0.5) is 4.79 Å². The Hall–Kier alpha value is -1.85. The fourth-order valence-electron chi connectivity index (χ4n) is 4.09. The van der Waals surface area contributed by atoms with Crippen molar-refractivity contribution in [3.8, 4) is 0 Å². The first-order chi connectivity index (χ1) is 13.2. The molecular weight excluding hydrogens is 378 g/mol. The van der Waals surface area contributed by atoms with E-state index in [4.69, 9.17) is 9.73 Å². The molecule has 0 bridgehead atoms. The standard InChI is InChI=1S/C24H41N3O3/c1-21(2,3)16-15-13-14(25-20(29)30-24(10,11)12)18(28)27(15)19(23(7,8)9)26-17(16)22(4,5)6/h14,17H,13H2,1-12H3,(H,25,29). The summed E-state index contributed by atoms with van der Waals surface area (Å²) < 4.78 is 5.40.